The second-order valence-corrected chi connectivity index (χ2v) is 13.7. The number of unbranched alkanes of at least 4 members (excludes halogenated alkanes) is 6. The largest absolute Gasteiger partial charge is 0.454 e. The van der Waals surface area contributed by atoms with Gasteiger partial charge in [0.25, 0.3) is 0 Å². The minimum Gasteiger partial charge on any atom is -0.454 e. The van der Waals surface area contributed by atoms with Crippen LogP contribution in [-0.4, -0.2) is 120 Å². The molecule has 296 valence electrons. The van der Waals surface area contributed by atoms with Crippen LogP contribution in [0.5, 0.6) is 0 Å². The smallest absolute Gasteiger partial charge is 0.303 e. The van der Waals surface area contributed by atoms with E-state index < -0.39 is 55.0 Å². The first kappa shape index (κ1) is 45.3. The van der Waals surface area contributed by atoms with Gasteiger partial charge in [0.1, 0.15) is 42.7 Å². The maximum atomic E-state index is 12.7. The van der Waals surface area contributed by atoms with Crippen LogP contribution in [0.2, 0.25) is 0 Å². The van der Waals surface area contributed by atoms with Crippen LogP contribution in [0.1, 0.15) is 132 Å². The fraction of sp³-hybridized carbons (Fsp3) is 0.974. The van der Waals surface area contributed by atoms with Crippen molar-refractivity contribution < 1.29 is 52.2 Å². The lowest BCUT2D eigenvalue weighted by Gasteiger charge is -2.50. The van der Waals surface area contributed by atoms with Gasteiger partial charge in [0.2, 0.25) is 0 Å². The van der Waals surface area contributed by atoms with E-state index in [0.29, 0.717) is 46.2 Å². The van der Waals surface area contributed by atoms with Crippen LogP contribution in [0.4, 0.5) is 0 Å². The summed E-state index contributed by atoms with van der Waals surface area (Å²) in [7, 11) is 0. The Morgan fingerprint density at radius 3 is 1.36 bits per heavy atom. The van der Waals surface area contributed by atoms with E-state index in [0.717, 1.165) is 77.0 Å². The Kier molecular flexibility index (Phi) is 25.1. The Labute approximate surface area is 304 Å². The molecule has 0 saturated carbocycles. The molecule has 0 spiro atoms. The summed E-state index contributed by atoms with van der Waals surface area (Å²) >= 11 is 0. The fourth-order valence-electron chi connectivity index (χ4n) is 6.15. The van der Waals surface area contributed by atoms with Crippen LogP contribution in [0, 0.1) is 0 Å². The lowest BCUT2D eigenvalue weighted by atomic mass is 9.94. The molecule has 2 rings (SSSR count). The van der Waals surface area contributed by atoms with E-state index in [-0.39, 0.29) is 18.8 Å². The van der Waals surface area contributed by atoms with Crippen LogP contribution < -0.4 is 0 Å². The third-order valence-corrected chi connectivity index (χ3v) is 9.13. The molecule has 0 aromatic rings. The first-order valence-electron chi connectivity index (χ1n) is 20.1. The van der Waals surface area contributed by atoms with E-state index in [1.165, 1.54) is 6.92 Å². The van der Waals surface area contributed by atoms with Crippen LogP contribution >= 0.6 is 0 Å². The minimum absolute atomic E-state index is 0.254. The van der Waals surface area contributed by atoms with Crippen molar-refractivity contribution in [3.8, 4) is 0 Å². The third kappa shape index (κ3) is 16.0. The second kappa shape index (κ2) is 27.7. The average Bonchev–Trinajstić information content (AvgIpc) is 3.09. The average molecular weight is 719 g/mol. The Hall–Kier alpha value is -0.890. The van der Waals surface area contributed by atoms with Crippen molar-refractivity contribution in [2.24, 2.45) is 0 Å². The first-order chi connectivity index (χ1) is 24.4. The van der Waals surface area contributed by atoms with E-state index in [1.54, 1.807) is 0 Å². The van der Waals surface area contributed by atoms with Gasteiger partial charge in [-0.05, 0) is 45.4 Å². The van der Waals surface area contributed by atoms with Gasteiger partial charge in [-0.2, -0.15) is 0 Å². The van der Waals surface area contributed by atoms with Crippen LogP contribution in [0.3, 0.4) is 0 Å². The molecule has 2 aliphatic rings. The summed E-state index contributed by atoms with van der Waals surface area (Å²) in [4.78, 5) is 12.7. The van der Waals surface area contributed by atoms with Gasteiger partial charge in [0, 0.05) is 46.6 Å². The van der Waals surface area contributed by atoms with Crippen molar-refractivity contribution >= 4 is 5.97 Å². The Balaban J connectivity index is 2.56. The molecule has 2 heterocycles. The molecule has 2 saturated heterocycles. The minimum atomic E-state index is -1.01. The summed E-state index contributed by atoms with van der Waals surface area (Å²) in [6.45, 7) is 20.2. The number of rotatable bonds is 29. The zero-order valence-electron chi connectivity index (χ0n) is 32.9. The first-order valence-corrected chi connectivity index (χ1v) is 20.1. The zero-order valence-corrected chi connectivity index (χ0v) is 32.9. The summed E-state index contributed by atoms with van der Waals surface area (Å²) < 4.78 is 64.9. The third-order valence-electron chi connectivity index (χ3n) is 9.13. The topological polar surface area (TPSA) is 109 Å². The van der Waals surface area contributed by atoms with E-state index in [1.807, 2.05) is 6.92 Å². The number of hydrogen-bond donors (Lipinski definition) is 0. The molecule has 10 atom stereocenters. The highest BCUT2D eigenvalue weighted by molar-refractivity contribution is 5.66. The summed E-state index contributed by atoms with van der Waals surface area (Å²) in [5, 5.41) is 0. The lowest BCUT2D eigenvalue weighted by molar-refractivity contribution is -0.354. The Morgan fingerprint density at radius 1 is 0.500 bits per heavy atom. The molecule has 0 aliphatic carbocycles. The van der Waals surface area contributed by atoms with Gasteiger partial charge in [-0.1, -0.05) is 80.1 Å². The van der Waals surface area contributed by atoms with Crippen molar-refractivity contribution in [3.05, 3.63) is 0 Å². The van der Waals surface area contributed by atoms with Crippen molar-refractivity contribution in [1.29, 1.82) is 0 Å². The molecule has 0 radical (unpaired) electrons. The van der Waals surface area contributed by atoms with E-state index >= 15 is 0 Å². The van der Waals surface area contributed by atoms with Gasteiger partial charge in [-0.25, -0.2) is 0 Å². The molecule has 0 aromatic heterocycles. The van der Waals surface area contributed by atoms with Gasteiger partial charge in [-0.3, -0.25) is 4.79 Å². The molecule has 2 aliphatic heterocycles. The number of esters is 1. The fourth-order valence-corrected chi connectivity index (χ4v) is 6.15. The number of carbonyl (C=O) groups is 1. The molecule has 11 nitrogen and oxygen atoms in total. The Morgan fingerprint density at radius 2 is 0.900 bits per heavy atom. The molecule has 0 bridgehead atoms. The molecule has 0 N–H and O–H groups in total. The highest BCUT2D eigenvalue weighted by Gasteiger charge is 2.54. The number of carbonyl (C=O) groups excluding carboxylic acids is 1. The molecule has 0 amide bonds. The normalized spacial score (nSPS) is 30.1. The highest BCUT2D eigenvalue weighted by Crippen LogP contribution is 2.35. The Bertz CT molecular complexity index is 832. The van der Waals surface area contributed by atoms with E-state index in [9.17, 15) is 4.79 Å². The lowest BCUT2D eigenvalue weighted by Crippen LogP contribution is -2.66. The summed E-state index contributed by atoms with van der Waals surface area (Å²) in [6, 6.07) is 0. The maximum absolute atomic E-state index is 12.7. The van der Waals surface area contributed by atoms with Crippen molar-refractivity contribution in [3.63, 3.8) is 0 Å². The molecule has 11 heteroatoms. The number of ether oxygens (including phenoxy) is 10. The van der Waals surface area contributed by atoms with Crippen LogP contribution in [0.25, 0.3) is 0 Å². The van der Waals surface area contributed by atoms with E-state index in [4.69, 9.17) is 47.4 Å². The molecular weight excluding hydrogens is 644 g/mol. The van der Waals surface area contributed by atoms with Gasteiger partial charge in [0.15, 0.2) is 12.4 Å². The molecule has 2 fully saturated rings. The van der Waals surface area contributed by atoms with Crippen molar-refractivity contribution in [2.75, 3.05) is 52.9 Å². The van der Waals surface area contributed by atoms with Crippen LogP contribution in [-0.2, 0) is 52.2 Å². The van der Waals surface area contributed by atoms with Gasteiger partial charge in [-0.15, -0.1) is 0 Å². The van der Waals surface area contributed by atoms with Crippen molar-refractivity contribution in [2.45, 2.75) is 194 Å². The summed E-state index contributed by atoms with van der Waals surface area (Å²) in [6.07, 6.45) is 5.62. The summed E-state index contributed by atoms with van der Waals surface area (Å²) in [5.74, 6) is -0.453. The van der Waals surface area contributed by atoms with Gasteiger partial charge in [0.05, 0.1) is 19.3 Å². The standard InChI is InChI=1S/C39H74O11/c1-9-15-21-41-27-31-34(44-24-18-12-4)37(46-26-20-14-6)38(48-30(8)40)39(49-31)50-35-32(28-42-22-16-10-2)47-29(7)33(43-23-17-11-3)36(35)45-25-19-13-5/h29,31-39H,9-28H2,1-8H3/t29-,31?,32?,33?,34-,35-,36-,37+,38?,39-/m1/s1. The maximum Gasteiger partial charge on any atom is 0.303 e. The predicted octanol–water partition coefficient (Wildman–Crippen LogP) is 7.19. The molecule has 4 unspecified atom stereocenters. The molecule has 50 heavy (non-hydrogen) atoms. The zero-order chi connectivity index (χ0) is 36.6. The molecule has 0 aromatic carbocycles. The highest BCUT2D eigenvalue weighted by atomic mass is 16.7. The summed E-state index contributed by atoms with van der Waals surface area (Å²) in [5.41, 5.74) is 0. The van der Waals surface area contributed by atoms with E-state index in [2.05, 4.69) is 41.5 Å². The predicted molar refractivity (Wildman–Crippen MR) is 193 cm³/mol. The quantitative estimate of drug-likeness (QED) is 0.0579. The molecular formula is C39H74O11. The SMILES string of the molecule is CCCCOCC1O[C@H](O[C@@H]2C(COCCCC)O[C@H](C)C(OCCCC)[C@H]2OCCCC)C(OC(C)=O)[C@@H](OCCCC)[C@@H]1OCCCC. The van der Waals surface area contributed by atoms with Gasteiger partial charge < -0.3 is 47.4 Å². The van der Waals surface area contributed by atoms with Gasteiger partial charge >= 0.3 is 5.97 Å². The van der Waals surface area contributed by atoms with Crippen LogP contribution in [0.15, 0.2) is 0 Å². The number of hydrogen-bond acceptors (Lipinski definition) is 11. The monoisotopic (exact) mass is 719 g/mol. The van der Waals surface area contributed by atoms with Crippen molar-refractivity contribution in [1.82, 2.24) is 0 Å². The second-order valence-electron chi connectivity index (χ2n) is 13.7.